The fourth-order valence-electron chi connectivity index (χ4n) is 3.45. The molecule has 0 atom stereocenters. The van der Waals surface area contributed by atoms with E-state index in [1.807, 2.05) is 22.2 Å². The minimum atomic E-state index is -0.260. The lowest BCUT2D eigenvalue weighted by molar-refractivity contribution is 0.435. The largest absolute Gasteiger partial charge is 0.254 e. The van der Waals surface area contributed by atoms with Crippen molar-refractivity contribution in [2.24, 2.45) is 10.1 Å². The van der Waals surface area contributed by atoms with Crippen LogP contribution in [0.3, 0.4) is 0 Å². The van der Waals surface area contributed by atoms with Crippen LogP contribution < -0.4 is 4.80 Å². The predicted molar refractivity (Wildman–Crippen MR) is 114 cm³/mol. The van der Waals surface area contributed by atoms with Crippen LogP contribution in [0.5, 0.6) is 0 Å². The number of thiazole rings is 1. The summed E-state index contributed by atoms with van der Waals surface area (Å²) in [6, 6.07) is 16.2. The Morgan fingerprint density at radius 1 is 1.03 bits per heavy atom. The van der Waals surface area contributed by atoms with Crippen LogP contribution in [0.15, 0.2) is 64.0 Å². The third kappa shape index (κ3) is 4.69. The molecule has 4 nitrogen and oxygen atoms in total. The monoisotopic (exact) mass is 404 g/mol. The quantitative estimate of drug-likeness (QED) is 0.541. The molecule has 0 unspecified atom stereocenters. The van der Waals surface area contributed by atoms with Gasteiger partial charge in [0.25, 0.3) is 0 Å². The lowest BCUT2D eigenvalue weighted by Crippen LogP contribution is -2.19. The molecule has 1 aromatic heterocycles. The van der Waals surface area contributed by atoms with Gasteiger partial charge >= 0.3 is 0 Å². The first-order valence-corrected chi connectivity index (χ1v) is 10.7. The first-order valence-electron chi connectivity index (χ1n) is 9.78. The molecule has 1 saturated carbocycles. The summed E-state index contributed by atoms with van der Waals surface area (Å²) in [6.45, 7) is 0. The number of nitriles is 1. The first kappa shape index (κ1) is 19.3. The summed E-state index contributed by atoms with van der Waals surface area (Å²) in [5, 5.41) is 15.7. The zero-order valence-corrected chi connectivity index (χ0v) is 16.8. The van der Waals surface area contributed by atoms with Gasteiger partial charge in [-0.2, -0.15) is 10.4 Å². The fourth-order valence-corrected chi connectivity index (χ4v) is 4.36. The summed E-state index contributed by atoms with van der Waals surface area (Å²) in [5.74, 6) is -0.260. The average molecular weight is 405 g/mol. The second kappa shape index (κ2) is 8.97. The molecule has 0 amide bonds. The Kier molecular flexibility index (Phi) is 5.97. The first-order chi connectivity index (χ1) is 14.2. The van der Waals surface area contributed by atoms with Crippen molar-refractivity contribution in [1.82, 2.24) is 4.68 Å². The van der Waals surface area contributed by atoms with Crippen molar-refractivity contribution in [3.8, 4) is 17.3 Å². The Morgan fingerprint density at radius 3 is 2.45 bits per heavy atom. The normalized spacial score (nSPS) is 15.7. The van der Waals surface area contributed by atoms with Gasteiger partial charge in [-0.15, -0.1) is 11.3 Å². The Morgan fingerprint density at radius 2 is 1.76 bits per heavy atom. The van der Waals surface area contributed by atoms with Crippen molar-refractivity contribution in [1.29, 1.82) is 5.26 Å². The minimum absolute atomic E-state index is 0.260. The maximum Gasteiger partial charge on any atom is 0.206 e. The van der Waals surface area contributed by atoms with Gasteiger partial charge < -0.3 is 0 Å². The molecule has 0 N–H and O–H groups in total. The zero-order chi connectivity index (χ0) is 20.1. The molecule has 1 fully saturated rings. The van der Waals surface area contributed by atoms with Gasteiger partial charge in [-0.1, -0.05) is 31.4 Å². The number of halogens is 1. The molecule has 146 valence electrons. The molecular weight excluding hydrogens is 383 g/mol. The molecule has 1 aliphatic carbocycles. The molecule has 3 aromatic rings. The second-order valence-corrected chi connectivity index (χ2v) is 7.96. The molecule has 0 radical (unpaired) electrons. The number of hydrogen-bond donors (Lipinski definition) is 0. The molecule has 0 saturated heterocycles. The van der Waals surface area contributed by atoms with Crippen LogP contribution in [0.4, 0.5) is 4.39 Å². The van der Waals surface area contributed by atoms with Gasteiger partial charge in [-0.25, -0.2) is 9.07 Å². The summed E-state index contributed by atoms with van der Waals surface area (Å²) in [6.07, 6.45) is 7.72. The smallest absolute Gasteiger partial charge is 0.206 e. The molecule has 0 bridgehead atoms. The topological polar surface area (TPSA) is 53.4 Å². The number of hydrogen-bond acceptors (Lipinski definition) is 4. The van der Waals surface area contributed by atoms with Crippen molar-refractivity contribution in [2.45, 2.75) is 38.1 Å². The Labute approximate surface area is 173 Å². The average Bonchev–Trinajstić information content (AvgIpc) is 3.16. The molecule has 6 heteroatoms. The maximum absolute atomic E-state index is 13.4. The van der Waals surface area contributed by atoms with E-state index in [2.05, 4.69) is 11.2 Å². The van der Waals surface area contributed by atoms with Crippen molar-refractivity contribution in [3.05, 3.63) is 75.7 Å². The van der Waals surface area contributed by atoms with Crippen LogP contribution in [0, 0.1) is 17.1 Å². The minimum Gasteiger partial charge on any atom is -0.254 e. The third-order valence-electron chi connectivity index (χ3n) is 5.06. The van der Waals surface area contributed by atoms with Gasteiger partial charge in [0.15, 0.2) is 0 Å². The standard InChI is InChI=1S/C23H21FN4S/c24-20-12-10-19(11-13-20)22-16-29-23(27-21-4-2-1-3-5-21)28(22)26-15-18-8-6-17(14-25)7-9-18/h6-13,15-16,21H,1-5H2. The van der Waals surface area contributed by atoms with Crippen molar-refractivity contribution in [3.63, 3.8) is 0 Å². The Balaban J connectivity index is 1.74. The van der Waals surface area contributed by atoms with Gasteiger partial charge in [0.2, 0.25) is 4.80 Å². The lowest BCUT2D eigenvalue weighted by atomic mass is 9.96. The molecule has 29 heavy (non-hydrogen) atoms. The van der Waals surface area contributed by atoms with Crippen molar-refractivity contribution in [2.75, 3.05) is 0 Å². The lowest BCUT2D eigenvalue weighted by Gasteiger charge is -2.16. The van der Waals surface area contributed by atoms with E-state index in [4.69, 9.17) is 10.3 Å². The summed E-state index contributed by atoms with van der Waals surface area (Å²) >= 11 is 1.56. The van der Waals surface area contributed by atoms with Gasteiger partial charge in [0.1, 0.15) is 5.82 Å². The Bertz CT molecular complexity index is 1100. The summed E-state index contributed by atoms with van der Waals surface area (Å²) in [4.78, 5) is 5.82. The predicted octanol–water partition coefficient (Wildman–Crippen LogP) is 5.34. The van der Waals surface area contributed by atoms with Gasteiger partial charge in [0.05, 0.1) is 29.6 Å². The molecular formula is C23H21FN4S. The summed E-state index contributed by atoms with van der Waals surface area (Å²) < 4.78 is 15.2. The second-order valence-electron chi connectivity index (χ2n) is 7.12. The van der Waals surface area contributed by atoms with E-state index in [9.17, 15) is 4.39 Å². The van der Waals surface area contributed by atoms with Gasteiger partial charge in [0, 0.05) is 10.9 Å². The van der Waals surface area contributed by atoms with Crippen LogP contribution in [0.25, 0.3) is 11.3 Å². The molecule has 4 rings (SSSR count). The Hall–Kier alpha value is -3.04. The van der Waals surface area contributed by atoms with E-state index in [0.29, 0.717) is 11.6 Å². The maximum atomic E-state index is 13.4. The van der Waals surface area contributed by atoms with E-state index in [1.165, 1.54) is 31.4 Å². The SMILES string of the molecule is N#Cc1ccc(C=Nn2c(-c3ccc(F)cc3)csc2=NC2CCCCC2)cc1. The molecule has 1 heterocycles. The van der Waals surface area contributed by atoms with Crippen molar-refractivity contribution >= 4 is 17.6 Å². The highest BCUT2D eigenvalue weighted by Crippen LogP contribution is 2.23. The van der Waals surface area contributed by atoms with Crippen LogP contribution in [0.2, 0.25) is 0 Å². The van der Waals surface area contributed by atoms with Gasteiger partial charge in [-0.3, -0.25) is 4.99 Å². The molecule has 0 spiro atoms. The van der Waals surface area contributed by atoms with E-state index in [1.54, 1.807) is 41.8 Å². The van der Waals surface area contributed by atoms with E-state index in [-0.39, 0.29) is 5.82 Å². The van der Waals surface area contributed by atoms with E-state index >= 15 is 0 Å². The molecule has 0 aliphatic heterocycles. The number of benzene rings is 2. The van der Waals surface area contributed by atoms with E-state index in [0.717, 1.165) is 34.5 Å². The van der Waals surface area contributed by atoms with Crippen molar-refractivity contribution < 1.29 is 4.39 Å². The molecule has 1 aliphatic rings. The number of nitrogens with zero attached hydrogens (tertiary/aromatic N) is 4. The molecule has 2 aromatic carbocycles. The van der Waals surface area contributed by atoms with Crippen LogP contribution in [-0.2, 0) is 0 Å². The highest BCUT2D eigenvalue weighted by molar-refractivity contribution is 7.07. The summed E-state index contributed by atoms with van der Waals surface area (Å²) in [5.41, 5.74) is 3.29. The number of rotatable bonds is 4. The zero-order valence-electron chi connectivity index (χ0n) is 16.0. The third-order valence-corrected chi connectivity index (χ3v) is 5.89. The van der Waals surface area contributed by atoms with Crippen LogP contribution in [0.1, 0.15) is 43.2 Å². The highest BCUT2D eigenvalue weighted by Gasteiger charge is 2.14. The van der Waals surface area contributed by atoms with Crippen LogP contribution in [-0.4, -0.2) is 16.9 Å². The fraction of sp³-hybridized carbons (Fsp3) is 0.261. The van der Waals surface area contributed by atoms with Gasteiger partial charge in [-0.05, 0) is 54.8 Å². The van der Waals surface area contributed by atoms with Crippen LogP contribution >= 0.6 is 11.3 Å². The summed E-state index contributed by atoms with van der Waals surface area (Å²) in [7, 11) is 0. The van der Waals surface area contributed by atoms with E-state index < -0.39 is 0 Å². The highest BCUT2D eigenvalue weighted by atomic mass is 32.1. The number of aromatic nitrogens is 1.